The summed E-state index contributed by atoms with van der Waals surface area (Å²) in [4.78, 5) is 17.8. The van der Waals surface area contributed by atoms with Crippen LogP contribution in [-0.4, -0.2) is 23.1 Å². The highest BCUT2D eigenvalue weighted by Crippen LogP contribution is 2.51. The molecule has 0 bridgehead atoms. The van der Waals surface area contributed by atoms with E-state index in [1.807, 2.05) is 19.1 Å². The van der Waals surface area contributed by atoms with Crippen LogP contribution in [0.4, 0.5) is 0 Å². The van der Waals surface area contributed by atoms with E-state index in [1.165, 1.54) is 0 Å². The lowest BCUT2D eigenvalue weighted by molar-refractivity contribution is -0.140. The lowest BCUT2D eigenvalue weighted by Gasteiger charge is -2.35. The van der Waals surface area contributed by atoms with Crippen LogP contribution in [0.2, 0.25) is 0 Å². The average molecular weight is 337 g/mol. The van der Waals surface area contributed by atoms with Crippen LogP contribution < -0.4 is 0 Å². The third kappa shape index (κ3) is 4.58. The fraction of sp³-hybridized carbons (Fsp3) is 0.667. The first-order valence-electron chi connectivity index (χ1n) is 7.89. The predicted molar refractivity (Wildman–Crippen MR) is 96.0 cm³/mol. The molecule has 0 unspecified atom stereocenters. The summed E-state index contributed by atoms with van der Waals surface area (Å²) in [6, 6.07) is 0. The first kappa shape index (κ1) is 19.7. The molecule has 0 fully saturated rings. The topological polar surface area (TPSA) is 62.7 Å². The summed E-state index contributed by atoms with van der Waals surface area (Å²) in [5.74, 6) is -0.585. The number of ether oxygens (including phenoxy) is 1. The number of thioether (sulfide) groups is 1. The van der Waals surface area contributed by atoms with E-state index in [9.17, 15) is 10.3 Å². The Hall–Kier alpha value is -1.32. The quantitative estimate of drug-likeness (QED) is 0.321. The standard InChI is InChI=1S/C18H28N2O2S/c1-9-22-15(21)14(20-19)18(8)10-12(16(2,3)4)23-13(11-18)17(5,6)7/h10-11H,9H2,1-8H3. The molecule has 0 radical (unpaired) electrons. The van der Waals surface area contributed by atoms with Crippen molar-refractivity contribution in [2.75, 3.05) is 6.61 Å². The van der Waals surface area contributed by atoms with Crippen LogP contribution >= 0.6 is 11.8 Å². The van der Waals surface area contributed by atoms with E-state index in [4.69, 9.17) is 4.74 Å². The van der Waals surface area contributed by atoms with Crippen LogP contribution in [0.15, 0.2) is 22.0 Å². The smallest absolute Gasteiger partial charge is 0.418 e. The number of carbonyl (C=O) groups is 1. The van der Waals surface area contributed by atoms with Crippen LogP contribution in [-0.2, 0) is 9.53 Å². The van der Waals surface area contributed by atoms with Gasteiger partial charge in [-0.2, -0.15) is 4.79 Å². The molecule has 0 spiro atoms. The molecular formula is C18H28N2O2S. The molecule has 0 N–H and O–H groups in total. The lowest BCUT2D eigenvalue weighted by atomic mass is 9.78. The summed E-state index contributed by atoms with van der Waals surface area (Å²) in [6.07, 6.45) is 4.03. The second-order valence-corrected chi connectivity index (χ2v) is 9.15. The van der Waals surface area contributed by atoms with E-state index in [0.29, 0.717) is 0 Å². The van der Waals surface area contributed by atoms with E-state index in [-0.39, 0.29) is 23.1 Å². The minimum absolute atomic E-state index is 0.0168. The Morgan fingerprint density at radius 1 is 1.17 bits per heavy atom. The summed E-state index contributed by atoms with van der Waals surface area (Å²) in [5.41, 5.74) is 8.54. The maximum atomic E-state index is 12.2. The number of rotatable bonds is 3. The molecule has 1 heterocycles. The minimum Gasteiger partial charge on any atom is -0.457 e. The van der Waals surface area contributed by atoms with Crippen LogP contribution in [0.3, 0.4) is 0 Å². The van der Waals surface area contributed by atoms with E-state index >= 15 is 0 Å². The van der Waals surface area contributed by atoms with Gasteiger partial charge in [0, 0.05) is 0 Å². The largest absolute Gasteiger partial charge is 0.457 e. The fourth-order valence-corrected chi connectivity index (χ4v) is 3.66. The Kier molecular flexibility index (Phi) is 5.71. The van der Waals surface area contributed by atoms with E-state index in [0.717, 1.165) is 9.81 Å². The van der Waals surface area contributed by atoms with Gasteiger partial charge in [0.15, 0.2) is 0 Å². The Labute approximate surface area is 144 Å². The Balaban J connectivity index is 3.51. The molecule has 0 aromatic carbocycles. The van der Waals surface area contributed by atoms with Gasteiger partial charge < -0.3 is 10.3 Å². The molecule has 1 aliphatic rings. The highest BCUT2D eigenvalue weighted by Gasteiger charge is 2.45. The molecule has 0 amide bonds. The van der Waals surface area contributed by atoms with E-state index < -0.39 is 11.4 Å². The van der Waals surface area contributed by atoms with Crippen molar-refractivity contribution in [2.24, 2.45) is 16.2 Å². The SMILES string of the molecule is CCOC(=O)C(=[N+]=[N-])C1(C)C=C(C(C)(C)C)SC(C(C)(C)C)=C1. The number of hydrogen-bond donors (Lipinski definition) is 0. The summed E-state index contributed by atoms with van der Waals surface area (Å²) in [6.45, 7) is 16.7. The third-order valence-electron chi connectivity index (χ3n) is 3.64. The molecule has 128 valence electrons. The maximum Gasteiger partial charge on any atom is 0.418 e. The molecule has 4 nitrogen and oxygen atoms in total. The number of esters is 1. The van der Waals surface area contributed by atoms with Crippen molar-refractivity contribution in [3.05, 3.63) is 27.5 Å². The second kappa shape index (κ2) is 6.66. The highest BCUT2D eigenvalue weighted by molar-refractivity contribution is 8.06. The van der Waals surface area contributed by atoms with Gasteiger partial charge in [-0.3, -0.25) is 0 Å². The van der Waals surface area contributed by atoms with Gasteiger partial charge in [-0.25, -0.2) is 4.79 Å². The monoisotopic (exact) mass is 336 g/mol. The van der Waals surface area contributed by atoms with Crippen molar-refractivity contribution in [2.45, 2.75) is 55.4 Å². The zero-order chi connectivity index (χ0) is 18.1. The lowest BCUT2D eigenvalue weighted by Crippen LogP contribution is -2.36. The van der Waals surface area contributed by atoms with Gasteiger partial charge in [-0.1, -0.05) is 65.5 Å². The summed E-state index contributed by atoms with van der Waals surface area (Å²) in [7, 11) is 0. The van der Waals surface area contributed by atoms with Crippen LogP contribution in [0.1, 0.15) is 55.4 Å². The van der Waals surface area contributed by atoms with Gasteiger partial charge >= 0.3 is 11.7 Å². The molecule has 0 saturated heterocycles. The van der Waals surface area contributed by atoms with Gasteiger partial charge in [-0.05, 0) is 34.5 Å². The molecule has 23 heavy (non-hydrogen) atoms. The van der Waals surface area contributed by atoms with Gasteiger partial charge in [-0.15, -0.1) is 0 Å². The highest BCUT2D eigenvalue weighted by atomic mass is 32.2. The van der Waals surface area contributed by atoms with Crippen molar-refractivity contribution in [1.82, 2.24) is 0 Å². The van der Waals surface area contributed by atoms with Crippen LogP contribution in [0, 0.1) is 16.2 Å². The van der Waals surface area contributed by atoms with Gasteiger partial charge in [0.1, 0.15) is 5.41 Å². The number of hydrogen-bond acceptors (Lipinski definition) is 3. The summed E-state index contributed by atoms with van der Waals surface area (Å²) in [5, 5.41) is 0. The third-order valence-corrected chi connectivity index (χ3v) is 5.54. The number of carbonyl (C=O) groups excluding carboxylic acids is 1. The van der Waals surface area contributed by atoms with Crippen LogP contribution in [0.25, 0.3) is 5.53 Å². The van der Waals surface area contributed by atoms with Crippen molar-refractivity contribution >= 4 is 23.4 Å². The second-order valence-electron chi connectivity index (χ2n) is 8.07. The molecule has 0 saturated carbocycles. The normalized spacial score (nSPS) is 17.7. The van der Waals surface area contributed by atoms with Gasteiger partial charge in [0.05, 0.1) is 6.61 Å². The minimum atomic E-state index is -0.794. The number of nitrogens with zero attached hydrogens (tertiary/aromatic N) is 2. The van der Waals surface area contributed by atoms with Crippen LogP contribution in [0.5, 0.6) is 0 Å². The predicted octanol–water partition coefficient (Wildman–Crippen LogP) is 4.83. The first-order chi connectivity index (χ1) is 10.3. The maximum absolute atomic E-state index is 12.2. The Bertz CT molecular complexity index is 567. The molecular weight excluding hydrogens is 308 g/mol. The Morgan fingerprint density at radius 2 is 1.61 bits per heavy atom. The fourth-order valence-electron chi connectivity index (χ4n) is 2.21. The molecule has 0 aromatic heterocycles. The van der Waals surface area contributed by atoms with E-state index in [2.05, 4.69) is 46.3 Å². The van der Waals surface area contributed by atoms with Gasteiger partial charge in [0.25, 0.3) is 0 Å². The molecule has 5 heteroatoms. The molecule has 0 atom stereocenters. The molecule has 1 aliphatic heterocycles. The van der Waals surface area contributed by atoms with Crippen molar-refractivity contribution < 1.29 is 14.3 Å². The van der Waals surface area contributed by atoms with E-state index in [1.54, 1.807) is 18.7 Å². The Morgan fingerprint density at radius 3 is 1.91 bits per heavy atom. The zero-order valence-corrected chi connectivity index (χ0v) is 16.3. The number of allylic oxidation sites excluding steroid dienone is 4. The zero-order valence-electron chi connectivity index (χ0n) is 15.5. The van der Waals surface area contributed by atoms with Crippen molar-refractivity contribution in [3.63, 3.8) is 0 Å². The first-order valence-corrected chi connectivity index (χ1v) is 8.71. The molecule has 0 aliphatic carbocycles. The summed E-state index contributed by atoms with van der Waals surface area (Å²) >= 11 is 1.73. The van der Waals surface area contributed by atoms with Crippen molar-refractivity contribution in [3.8, 4) is 0 Å². The van der Waals surface area contributed by atoms with Crippen molar-refractivity contribution in [1.29, 1.82) is 0 Å². The average Bonchev–Trinajstić information content (AvgIpc) is 2.36. The molecule has 0 aromatic rings. The summed E-state index contributed by atoms with van der Waals surface area (Å²) < 4.78 is 5.06. The van der Waals surface area contributed by atoms with Gasteiger partial charge in [0.2, 0.25) is 0 Å². The molecule has 1 rings (SSSR count).